The van der Waals surface area contributed by atoms with Crippen LogP contribution in [-0.4, -0.2) is 42.7 Å². The van der Waals surface area contributed by atoms with Crippen LogP contribution >= 0.6 is 0 Å². The van der Waals surface area contributed by atoms with Crippen molar-refractivity contribution in [3.05, 3.63) is 66.0 Å². The van der Waals surface area contributed by atoms with Gasteiger partial charge in [-0.15, -0.1) is 0 Å². The number of rotatable bonds is 8. The van der Waals surface area contributed by atoms with Gasteiger partial charge in [0, 0.05) is 24.7 Å². The van der Waals surface area contributed by atoms with Crippen molar-refractivity contribution in [2.45, 2.75) is 76.0 Å². The highest BCUT2D eigenvalue weighted by molar-refractivity contribution is 5.88. The minimum absolute atomic E-state index is 0.222. The summed E-state index contributed by atoms with van der Waals surface area (Å²) < 4.78 is 2.23. The van der Waals surface area contributed by atoms with E-state index in [0.717, 1.165) is 72.2 Å². The third kappa shape index (κ3) is 5.59. The molecule has 2 aliphatic carbocycles. The minimum Gasteiger partial charge on any atom is -0.478 e. The molecule has 202 valence electrons. The van der Waals surface area contributed by atoms with Gasteiger partial charge in [-0.2, -0.15) is 9.97 Å². The van der Waals surface area contributed by atoms with E-state index in [0.29, 0.717) is 18.5 Å². The molecule has 2 saturated carbocycles. The van der Waals surface area contributed by atoms with Crippen LogP contribution < -0.4 is 16.4 Å². The number of carbonyl (C=O) groups is 1. The first-order chi connectivity index (χ1) is 19.0. The lowest BCUT2D eigenvalue weighted by Gasteiger charge is -2.27. The van der Waals surface area contributed by atoms with Crippen molar-refractivity contribution in [2.24, 2.45) is 5.73 Å². The van der Waals surface area contributed by atoms with E-state index in [4.69, 9.17) is 25.8 Å². The minimum atomic E-state index is -0.921. The maximum Gasteiger partial charge on any atom is 0.335 e. The summed E-state index contributed by atoms with van der Waals surface area (Å²) in [6.07, 6.45) is 10.9. The number of hydrogen-bond donors (Lipinski definition) is 4. The zero-order chi connectivity index (χ0) is 26.8. The summed E-state index contributed by atoms with van der Waals surface area (Å²) in [5.74, 6) is 0.437. The molecule has 9 heteroatoms. The third-order valence-electron chi connectivity index (χ3n) is 8.07. The van der Waals surface area contributed by atoms with Gasteiger partial charge in [-0.05, 0) is 67.3 Å². The first kappa shape index (κ1) is 25.3. The van der Waals surface area contributed by atoms with Crippen LogP contribution in [0.25, 0.3) is 22.3 Å². The zero-order valence-electron chi connectivity index (χ0n) is 22.0. The lowest BCUT2D eigenvalue weighted by molar-refractivity contribution is 0.0697. The molecular formula is C30H35N7O2. The molecule has 2 aromatic carbocycles. The number of nitrogens with two attached hydrogens (primary N) is 1. The van der Waals surface area contributed by atoms with Gasteiger partial charge in [0.05, 0.1) is 11.9 Å². The molecule has 0 bridgehead atoms. The molecule has 5 N–H and O–H groups in total. The van der Waals surface area contributed by atoms with Crippen molar-refractivity contribution in [3.63, 3.8) is 0 Å². The summed E-state index contributed by atoms with van der Waals surface area (Å²) >= 11 is 0. The molecule has 0 aliphatic heterocycles. The summed E-state index contributed by atoms with van der Waals surface area (Å²) in [6.45, 7) is 0.592. The van der Waals surface area contributed by atoms with Crippen molar-refractivity contribution >= 4 is 28.9 Å². The Morgan fingerprint density at radius 1 is 0.949 bits per heavy atom. The Morgan fingerprint density at radius 2 is 1.67 bits per heavy atom. The number of aromatic nitrogens is 4. The Balaban J connectivity index is 1.23. The molecular weight excluding hydrogens is 490 g/mol. The molecule has 2 atom stereocenters. The third-order valence-corrected chi connectivity index (χ3v) is 8.07. The fraction of sp³-hybridized carbons (Fsp3) is 0.400. The van der Waals surface area contributed by atoms with Gasteiger partial charge in [0.2, 0.25) is 5.95 Å². The van der Waals surface area contributed by atoms with E-state index in [1.54, 1.807) is 12.1 Å². The monoisotopic (exact) mass is 525 g/mol. The van der Waals surface area contributed by atoms with E-state index in [2.05, 4.69) is 39.5 Å². The fourth-order valence-electron chi connectivity index (χ4n) is 5.90. The van der Waals surface area contributed by atoms with Gasteiger partial charge >= 0.3 is 5.97 Å². The van der Waals surface area contributed by atoms with Gasteiger partial charge in [-0.1, -0.05) is 49.2 Å². The van der Waals surface area contributed by atoms with E-state index < -0.39 is 5.97 Å². The molecule has 2 aromatic heterocycles. The Labute approximate surface area is 227 Å². The molecule has 0 amide bonds. The molecule has 0 radical (unpaired) electrons. The standard InChI is InChI=1S/C30H35N7O2/c31-23-4-3-5-24(16-23)34-30-35-27(26-28(36-30)37(18-33-26)25-6-1-2-7-25)32-17-19-8-10-20(11-9-19)21-12-14-22(15-13-21)29(38)39/h8-15,18,23-25H,1-7,16-17,31H2,(H,38,39)(H2,32,34,35,36). The van der Waals surface area contributed by atoms with Crippen molar-refractivity contribution in [3.8, 4) is 11.1 Å². The van der Waals surface area contributed by atoms with Crippen molar-refractivity contribution < 1.29 is 9.90 Å². The van der Waals surface area contributed by atoms with E-state index in [1.807, 2.05) is 18.5 Å². The highest BCUT2D eigenvalue weighted by Gasteiger charge is 2.24. The van der Waals surface area contributed by atoms with Crippen molar-refractivity contribution in [2.75, 3.05) is 10.6 Å². The van der Waals surface area contributed by atoms with E-state index in [-0.39, 0.29) is 17.6 Å². The highest BCUT2D eigenvalue weighted by atomic mass is 16.4. The second-order valence-corrected chi connectivity index (χ2v) is 10.9. The summed E-state index contributed by atoms with van der Waals surface area (Å²) in [5.41, 5.74) is 11.3. The van der Waals surface area contributed by atoms with Gasteiger partial charge in [-0.3, -0.25) is 0 Å². The Hall–Kier alpha value is -3.98. The van der Waals surface area contributed by atoms with Crippen LogP contribution in [0.15, 0.2) is 54.9 Å². The van der Waals surface area contributed by atoms with Crippen molar-refractivity contribution in [1.82, 2.24) is 19.5 Å². The fourth-order valence-corrected chi connectivity index (χ4v) is 5.90. The van der Waals surface area contributed by atoms with Crippen LogP contribution in [-0.2, 0) is 6.54 Å². The molecule has 2 unspecified atom stereocenters. The van der Waals surface area contributed by atoms with Crippen LogP contribution in [0.2, 0.25) is 0 Å². The number of imidazole rings is 1. The predicted molar refractivity (Wildman–Crippen MR) is 153 cm³/mol. The van der Waals surface area contributed by atoms with E-state index in [1.165, 1.54) is 12.8 Å². The average Bonchev–Trinajstić information content (AvgIpc) is 3.62. The number of carboxylic acid groups (broad SMARTS) is 1. The topological polar surface area (TPSA) is 131 Å². The second kappa shape index (κ2) is 11.0. The number of anilines is 2. The number of carboxylic acids is 1. The average molecular weight is 526 g/mol. The molecule has 4 aromatic rings. The largest absolute Gasteiger partial charge is 0.478 e. The Bertz CT molecular complexity index is 1440. The SMILES string of the molecule is NC1CCCC(Nc2nc(NCc3ccc(-c4ccc(C(=O)O)cc4)cc3)c3ncn(C4CCCC4)c3n2)C1. The molecule has 2 heterocycles. The molecule has 2 fully saturated rings. The van der Waals surface area contributed by atoms with Crippen LogP contribution in [0.4, 0.5) is 11.8 Å². The molecule has 9 nitrogen and oxygen atoms in total. The summed E-state index contributed by atoms with van der Waals surface area (Å²) in [4.78, 5) is 25.7. The summed E-state index contributed by atoms with van der Waals surface area (Å²) in [5, 5.41) is 16.2. The van der Waals surface area contributed by atoms with Gasteiger partial charge in [0.1, 0.15) is 0 Å². The van der Waals surface area contributed by atoms with E-state index >= 15 is 0 Å². The zero-order valence-corrected chi connectivity index (χ0v) is 22.0. The molecule has 6 rings (SSSR count). The van der Waals surface area contributed by atoms with Gasteiger partial charge in [0.15, 0.2) is 17.0 Å². The van der Waals surface area contributed by atoms with E-state index in [9.17, 15) is 4.79 Å². The maximum absolute atomic E-state index is 11.1. The number of hydrogen-bond acceptors (Lipinski definition) is 7. The summed E-state index contributed by atoms with van der Waals surface area (Å²) in [7, 11) is 0. The first-order valence-electron chi connectivity index (χ1n) is 14.0. The predicted octanol–water partition coefficient (Wildman–Crippen LogP) is 5.60. The van der Waals surface area contributed by atoms with Crippen LogP contribution in [0, 0.1) is 0 Å². The van der Waals surface area contributed by atoms with Crippen LogP contribution in [0.3, 0.4) is 0 Å². The highest BCUT2D eigenvalue weighted by Crippen LogP contribution is 2.33. The molecule has 39 heavy (non-hydrogen) atoms. The lowest BCUT2D eigenvalue weighted by Crippen LogP contribution is -2.35. The normalized spacial score (nSPS) is 19.8. The quantitative estimate of drug-likeness (QED) is 0.234. The van der Waals surface area contributed by atoms with Gasteiger partial charge < -0.3 is 26.0 Å². The maximum atomic E-state index is 11.1. The molecule has 0 spiro atoms. The van der Waals surface area contributed by atoms with Gasteiger partial charge in [0.25, 0.3) is 0 Å². The Morgan fingerprint density at radius 3 is 2.36 bits per heavy atom. The van der Waals surface area contributed by atoms with Crippen molar-refractivity contribution in [1.29, 1.82) is 0 Å². The number of fused-ring (bicyclic) bond motifs is 1. The smallest absolute Gasteiger partial charge is 0.335 e. The number of nitrogens with one attached hydrogen (secondary N) is 2. The molecule has 0 saturated heterocycles. The van der Waals surface area contributed by atoms with Crippen LogP contribution in [0.5, 0.6) is 0 Å². The number of nitrogens with zero attached hydrogens (tertiary/aromatic N) is 4. The number of benzene rings is 2. The number of aromatic carboxylic acids is 1. The first-order valence-corrected chi connectivity index (χ1v) is 14.0. The molecule has 2 aliphatic rings. The Kier molecular flexibility index (Phi) is 7.15. The van der Waals surface area contributed by atoms with Crippen LogP contribution in [0.1, 0.15) is 73.3 Å². The lowest BCUT2D eigenvalue weighted by atomic mass is 9.92. The van der Waals surface area contributed by atoms with Gasteiger partial charge in [-0.25, -0.2) is 9.78 Å². The summed E-state index contributed by atoms with van der Waals surface area (Å²) in [6, 6.07) is 16.1. The second-order valence-electron chi connectivity index (χ2n) is 10.9.